The van der Waals surface area contributed by atoms with Crippen molar-refractivity contribution in [2.75, 3.05) is 5.32 Å². The van der Waals surface area contributed by atoms with E-state index < -0.39 is 0 Å². The Morgan fingerprint density at radius 2 is 1.49 bits per heavy atom. The average Bonchev–Trinajstić information content (AvgIpc) is 3.63. The molecule has 3 aliphatic rings. The van der Waals surface area contributed by atoms with Crippen LogP contribution >= 0.6 is 12.2 Å². The molecule has 8 rings (SSSR count). The molecule has 47 heavy (non-hydrogen) atoms. The molecule has 0 atom stereocenters. The summed E-state index contributed by atoms with van der Waals surface area (Å²) in [6.45, 7) is 0. The van der Waals surface area contributed by atoms with Crippen LogP contribution in [0.5, 0.6) is 0 Å². The Labute approximate surface area is 280 Å². The maximum Gasteiger partial charge on any atom is 0.221 e. The molecule has 5 aromatic rings. The summed E-state index contributed by atoms with van der Waals surface area (Å²) in [5.41, 5.74) is 11.5. The van der Waals surface area contributed by atoms with E-state index in [0.717, 1.165) is 66.2 Å². The molecule has 3 aromatic heterocycles. The van der Waals surface area contributed by atoms with E-state index in [1.807, 2.05) is 24.5 Å². The maximum atomic E-state index is 8.94. The Hall–Kier alpha value is -4.84. The minimum atomic E-state index is 0.0359. The van der Waals surface area contributed by atoms with E-state index in [-0.39, 0.29) is 6.10 Å². The zero-order valence-electron chi connectivity index (χ0n) is 26.3. The minimum absolute atomic E-state index is 0.0359. The van der Waals surface area contributed by atoms with E-state index in [4.69, 9.17) is 22.1 Å². The largest absolute Gasteiger partial charge is 0.393 e. The van der Waals surface area contributed by atoms with Gasteiger partial charge >= 0.3 is 0 Å². The molecule has 2 aromatic carbocycles. The molecule has 242 valence electrons. The zero-order chi connectivity index (χ0) is 32.8. The summed E-state index contributed by atoms with van der Waals surface area (Å²) in [6.07, 6.45) is 19.4. The highest BCUT2D eigenvalue weighted by Gasteiger charge is 2.17. The number of aromatic nitrogens is 5. The van der Waals surface area contributed by atoms with Crippen molar-refractivity contribution in [3.8, 4) is 27.9 Å². The Morgan fingerprint density at radius 1 is 0.851 bits per heavy atom. The molecule has 2 aliphatic heterocycles. The van der Waals surface area contributed by atoms with Gasteiger partial charge in [0.15, 0.2) is 0 Å². The molecular weight excluding hydrogens is 609 g/mol. The smallest absolute Gasteiger partial charge is 0.221 e. The number of aryl methyl sites for hydroxylation is 3. The number of benzene rings is 2. The van der Waals surface area contributed by atoms with Gasteiger partial charge in [-0.1, -0.05) is 55.7 Å². The van der Waals surface area contributed by atoms with Gasteiger partial charge in [-0.25, -0.2) is 5.84 Å². The number of nitrogens with one attached hydrogen (secondary N) is 2. The monoisotopic (exact) mass is 648 g/mol. The number of aliphatic hydroxyl groups excluding tert-OH is 1. The summed E-state index contributed by atoms with van der Waals surface area (Å²) < 4.78 is 2.08. The van der Waals surface area contributed by atoms with Crippen molar-refractivity contribution in [3.05, 3.63) is 109 Å². The molecule has 0 unspecified atom stereocenters. The Balaban J connectivity index is 0.000000141. The highest BCUT2D eigenvalue weighted by Crippen LogP contribution is 2.29. The fraction of sp³-hybridized carbons (Fsp3) is 0.278. The number of fused-ring (bicyclic) bond motifs is 4. The van der Waals surface area contributed by atoms with Crippen molar-refractivity contribution < 1.29 is 9.90 Å². The molecule has 1 fully saturated rings. The summed E-state index contributed by atoms with van der Waals surface area (Å²) in [6, 6.07) is 21.0. The molecule has 0 saturated heterocycles. The second-order valence-corrected chi connectivity index (χ2v) is 11.9. The highest BCUT2D eigenvalue weighted by molar-refractivity contribution is 7.80. The number of hydrogen-bond acceptors (Lipinski definition) is 8. The zero-order valence-corrected chi connectivity index (χ0v) is 27.1. The lowest BCUT2D eigenvalue weighted by molar-refractivity contribution is -0.109. The van der Waals surface area contributed by atoms with Gasteiger partial charge < -0.3 is 10.4 Å². The SMILES string of the molecule is NNC=O.OC1CCCCC1.S=C1CCc2cc(-c3cccnc3)ccc2N1.c1cncc(-c2ccc3c(c2)CCc2nncn2-3)c1. The number of aliphatic hydroxyl groups is 1. The average molecular weight is 649 g/mol. The van der Waals surface area contributed by atoms with Crippen molar-refractivity contribution in [2.24, 2.45) is 5.84 Å². The molecule has 5 heterocycles. The number of nitrogens with two attached hydrogens (primary N) is 1. The fourth-order valence-electron chi connectivity index (χ4n) is 5.79. The van der Waals surface area contributed by atoms with Gasteiger partial charge in [-0.2, -0.15) is 0 Å². The fourth-order valence-corrected chi connectivity index (χ4v) is 6.00. The third-order valence-electron chi connectivity index (χ3n) is 8.21. The van der Waals surface area contributed by atoms with Crippen LogP contribution in [0.1, 0.15) is 55.5 Å². The first-order valence-corrected chi connectivity index (χ1v) is 16.3. The minimum Gasteiger partial charge on any atom is -0.393 e. The summed E-state index contributed by atoms with van der Waals surface area (Å²) in [5.74, 6) is 5.45. The number of amides is 1. The van der Waals surface area contributed by atoms with Crippen LogP contribution in [0.25, 0.3) is 27.9 Å². The van der Waals surface area contributed by atoms with Crippen molar-refractivity contribution in [1.82, 2.24) is 30.2 Å². The van der Waals surface area contributed by atoms with Crippen LogP contribution in [0.2, 0.25) is 0 Å². The topological polar surface area (TPSA) is 144 Å². The third-order valence-corrected chi connectivity index (χ3v) is 8.51. The number of rotatable bonds is 3. The third kappa shape index (κ3) is 9.35. The van der Waals surface area contributed by atoms with Crippen molar-refractivity contribution in [2.45, 2.75) is 63.9 Å². The predicted octanol–water partition coefficient (Wildman–Crippen LogP) is 5.78. The van der Waals surface area contributed by atoms with Gasteiger partial charge in [0.2, 0.25) is 6.41 Å². The van der Waals surface area contributed by atoms with E-state index in [1.165, 1.54) is 47.2 Å². The summed E-state index contributed by atoms with van der Waals surface area (Å²) in [7, 11) is 0. The Morgan fingerprint density at radius 3 is 2.09 bits per heavy atom. The second-order valence-electron chi connectivity index (χ2n) is 11.4. The molecule has 1 saturated carbocycles. The number of carbonyl (C=O) groups excluding carboxylic acids is 1. The summed E-state index contributed by atoms with van der Waals surface area (Å²) in [4.78, 5) is 18.2. The highest BCUT2D eigenvalue weighted by atomic mass is 32.1. The first-order chi connectivity index (χ1) is 23.1. The molecule has 1 amide bonds. The lowest BCUT2D eigenvalue weighted by atomic mass is 9.98. The van der Waals surface area contributed by atoms with Gasteiger partial charge in [-0.15, -0.1) is 10.2 Å². The first kappa shape index (κ1) is 33.5. The van der Waals surface area contributed by atoms with Crippen molar-refractivity contribution in [1.29, 1.82) is 0 Å². The van der Waals surface area contributed by atoms with Gasteiger partial charge in [-0.3, -0.25) is 24.8 Å². The number of hydrazine groups is 1. The number of nitrogens with zero attached hydrogens (tertiary/aromatic N) is 5. The molecule has 5 N–H and O–H groups in total. The van der Waals surface area contributed by atoms with E-state index in [0.29, 0.717) is 6.41 Å². The first-order valence-electron chi connectivity index (χ1n) is 15.9. The van der Waals surface area contributed by atoms with Crippen molar-refractivity contribution >= 4 is 29.3 Å². The van der Waals surface area contributed by atoms with Crippen LogP contribution in [0.3, 0.4) is 0 Å². The van der Waals surface area contributed by atoms with Crippen molar-refractivity contribution in [3.63, 3.8) is 0 Å². The number of thiocarbonyl (C=S) groups is 1. The van der Waals surface area contributed by atoms with E-state index >= 15 is 0 Å². The van der Waals surface area contributed by atoms with Crippen LogP contribution in [-0.2, 0) is 24.1 Å². The van der Waals surface area contributed by atoms with E-state index in [9.17, 15) is 0 Å². The molecule has 0 spiro atoms. The Kier molecular flexibility index (Phi) is 12.3. The van der Waals surface area contributed by atoms with Gasteiger partial charge in [0.1, 0.15) is 12.2 Å². The number of hydrogen-bond donors (Lipinski definition) is 4. The number of anilines is 1. The molecule has 1 aliphatic carbocycles. The lowest BCUT2D eigenvalue weighted by Crippen LogP contribution is -2.18. The number of pyridine rings is 2. The van der Waals surface area contributed by atoms with Crippen LogP contribution in [0, 0.1) is 0 Å². The van der Waals surface area contributed by atoms with E-state index in [1.54, 1.807) is 24.1 Å². The molecule has 11 heteroatoms. The molecular formula is C36H40N8O2S. The van der Waals surface area contributed by atoms with Gasteiger partial charge in [0.05, 0.1) is 16.8 Å². The molecule has 10 nitrogen and oxygen atoms in total. The molecule has 0 radical (unpaired) electrons. The second kappa shape index (κ2) is 17.2. The van der Waals surface area contributed by atoms with Gasteiger partial charge in [0, 0.05) is 43.3 Å². The van der Waals surface area contributed by atoms with Crippen LogP contribution in [0.4, 0.5) is 5.69 Å². The van der Waals surface area contributed by atoms with E-state index in [2.05, 4.69) is 84.4 Å². The summed E-state index contributed by atoms with van der Waals surface area (Å²) >= 11 is 5.19. The predicted molar refractivity (Wildman–Crippen MR) is 189 cm³/mol. The normalized spacial score (nSPS) is 14.5. The Bertz CT molecular complexity index is 1740. The van der Waals surface area contributed by atoms with Crippen LogP contribution in [0.15, 0.2) is 91.8 Å². The molecule has 0 bridgehead atoms. The maximum absolute atomic E-state index is 8.94. The quantitative estimate of drug-likeness (QED) is 0.0629. The lowest BCUT2D eigenvalue weighted by Gasteiger charge is -2.19. The van der Waals surface area contributed by atoms with Gasteiger partial charge in [-0.05, 0) is 95.5 Å². The van der Waals surface area contributed by atoms with Crippen LogP contribution < -0.4 is 16.6 Å². The summed E-state index contributed by atoms with van der Waals surface area (Å²) in [5, 5.41) is 20.3. The van der Waals surface area contributed by atoms with Crippen LogP contribution in [-0.4, -0.2) is 47.3 Å². The number of carbonyl (C=O) groups is 1. The standard InChI is InChI=1S/C15H12N4.C14H12N2S.C6H12O.CH4N2O/c1-2-13(9-16-7-1)11-3-5-14-12(8-11)4-6-15-18-17-10-19(14)15;17-14-6-4-11-8-10(3-5-13(11)16-14)12-2-1-7-15-9-12;7-6-4-2-1-3-5-6;2-3-1-4/h1-3,5,7-10H,4,6H2;1-3,5,7-9H,4,6H2,(H,16,17);6-7H,1-5H2;1H,2H2,(H,3,4). The van der Waals surface area contributed by atoms with Gasteiger partial charge in [0.25, 0.3) is 0 Å².